The molecule has 2 heteroatoms. The highest BCUT2D eigenvalue weighted by molar-refractivity contribution is 4.77. The summed E-state index contributed by atoms with van der Waals surface area (Å²) in [7, 11) is 6.44. The van der Waals surface area contributed by atoms with Gasteiger partial charge in [-0.25, -0.2) is 0 Å². The SMILES string of the molecule is CC.CCC.CCC(C)(C)N(C)CCN(C)C. The van der Waals surface area contributed by atoms with Gasteiger partial charge in [0.2, 0.25) is 0 Å². The third-order valence-corrected chi connectivity index (χ3v) is 2.78. The van der Waals surface area contributed by atoms with E-state index < -0.39 is 0 Å². The molecule has 0 aromatic carbocycles. The van der Waals surface area contributed by atoms with Gasteiger partial charge < -0.3 is 4.90 Å². The molecule has 0 aromatic heterocycles. The van der Waals surface area contributed by atoms with Crippen molar-refractivity contribution in [2.24, 2.45) is 0 Å². The predicted molar refractivity (Wildman–Crippen MR) is 82.9 cm³/mol. The summed E-state index contributed by atoms with van der Waals surface area (Å²) >= 11 is 0. The van der Waals surface area contributed by atoms with Crippen molar-refractivity contribution in [3.8, 4) is 0 Å². The molecule has 17 heavy (non-hydrogen) atoms. The summed E-state index contributed by atoms with van der Waals surface area (Å²) in [5.74, 6) is 0. The van der Waals surface area contributed by atoms with Gasteiger partial charge >= 0.3 is 0 Å². The summed E-state index contributed by atoms with van der Waals surface area (Å²) in [6.45, 7) is 17.4. The van der Waals surface area contributed by atoms with Crippen LogP contribution in [0.3, 0.4) is 0 Å². The highest BCUT2D eigenvalue weighted by atomic mass is 15.2. The highest BCUT2D eigenvalue weighted by Crippen LogP contribution is 2.15. The van der Waals surface area contributed by atoms with Crippen LogP contribution < -0.4 is 0 Å². The Hall–Kier alpha value is -0.0800. The van der Waals surface area contributed by atoms with Gasteiger partial charge in [0, 0.05) is 18.6 Å². The molecule has 0 spiro atoms. The first-order valence-corrected chi connectivity index (χ1v) is 7.17. The molecule has 108 valence electrons. The van der Waals surface area contributed by atoms with Crippen LogP contribution in [0.1, 0.15) is 61.3 Å². The lowest BCUT2D eigenvalue weighted by Gasteiger charge is -2.35. The van der Waals surface area contributed by atoms with Crippen LogP contribution in [0.4, 0.5) is 0 Å². The van der Waals surface area contributed by atoms with E-state index in [9.17, 15) is 0 Å². The van der Waals surface area contributed by atoms with Gasteiger partial charge in [-0.2, -0.15) is 0 Å². The molecular weight excluding hydrogens is 208 g/mol. The zero-order chi connectivity index (χ0) is 14.5. The molecule has 2 nitrogen and oxygen atoms in total. The lowest BCUT2D eigenvalue weighted by atomic mass is 10.0. The fourth-order valence-electron chi connectivity index (χ4n) is 0.923. The van der Waals surface area contributed by atoms with Gasteiger partial charge in [-0.15, -0.1) is 0 Å². The van der Waals surface area contributed by atoms with Crippen molar-refractivity contribution in [2.45, 2.75) is 66.8 Å². The Bertz CT molecular complexity index is 131. The van der Waals surface area contributed by atoms with Crippen LogP contribution in [-0.2, 0) is 0 Å². The van der Waals surface area contributed by atoms with Crippen molar-refractivity contribution >= 4 is 0 Å². The molecule has 0 saturated carbocycles. The van der Waals surface area contributed by atoms with Crippen LogP contribution in [-0.4, -0.2) is 49.6 Å². The fraction of sp³-hybridized carbons (Fsp3) is 1.00. The molecule has 0 amide bonds. The molecule has 0 unspecified atom stereocenters. The van der Waals surface area contributed by atoms with Crippen molar-refractivity contribution in [2.75, 3.05) is 34.2 Å². The maximum atomic E-state index is 2.42. The molecule has 0 heterocycles. The molecule has 0 aliphatic heterocycles. The van der Waals surface area contributed by atoms with Gasteiger partial charge in [0.1, 0.15) is 0 Å². The molecule has 0 saturated heterocycles. The number of nitrogens with zero attached hydrogens (tertiary/aromatic N) is 2. The minimum Gasteiger partial charge on any atom is -0.308 e. The zero-order valence-corrected chi connectivity index (χ0v) is 14.2. The Balaban J connectivity index is -0.000000337. The number of hydrogen-bond acceptors (Lipinski definition) is 2. The summed E-state index contributed by atoms with van der Waals surface area (Å²) in [6, 6.07) is 0. The molecule has 0 rings (SSSR count). The van der Waals surface area contributed by atoms with Crippen LogP contribution in [0.15, 0.2) is 0 Å². The predicted octanol–water partition coefficient (Wildman–Crippen LogP) is 4.11. The molecule has 0 radical (unpaired) electrons. The normalized spacial score (nSPS) is 10.6. The van der Waals surface area contributed by atoms with E-state index >= 15 is 0 Å². The molecule has 0 aromatic rings. The van der Waals surface area contributed by atoms with E-state index in [1.54, 1.807) is 0 Å². The van der Waals surface area contributed by atoms with Crippen LogP contribution in [0.5, 0.6) is 0 Å². The average Bonchev–Trinajstić information content (AvgIpc) is 2.29. The summed E-state index contributed by atoms with van der Waals surface area (Å²) < 4.78 is 0. The summed E-state index contributed by atoms with van der Waals surface area (Å²) in [4.78, 5) is 4.65. The van der Waals surface area contributed by atoms with Crippen molar-refractivity contribution in [3.05, 3.63) is 0 Å². The lowest BCUT2D eigenvalue weighted by Crippen LogP contribution is -2.43. The molecule has 0 N–H and O–H groups in total. The van der Waals surface area contributed by atoms with Crippen molar-refractivity contribution in [3.63, 3.8) is 0 Å². The maximum Gasteiger partial charge on any atom is 0.0148 e. The van der Waals surface area contributed by atoms with Gasteiger partial charge in [-0.1, -0.05) is 41.0 Å². The minimum atomic E-state index is 0.343. The van der Waals surface area contributed by atoms with Gasteiger partial charge in [-0.3, -0.25) is 4.90 Å². The van der Waals surface area contributed by atoms with Crippen LogP contribution in [0, 0.1) is 0 Å². The summed E-state index contributed by atoms with van der Waals surface area (Å²) in [5, 5.41) is 0. The van der Waals surface area contributed by atoms with E-state index in [2.05, 4.69) is 65.6 Å². The van der Waals surface area contributed by atoms with E-state index in [1.807, 2.05) is 13.8 Å². The first kappa shape index (κ1) is 22.1. The number of hydrogen-bond donors (Lipinski definition) is 0. The first-order valence-electron chi connectivity index (χ1n) is 7.17. The quantitative estimate of drug-likeness (QED) is 0.720. The largest absolute Gasteiger partial charge is 0.308 e. The standard InChI is InChI=1S/C10H24N2.C3H8.C2H6/c1-7-10(2,3)12(6)9-8-11(4)5;1-3-2;1-2/h7-9H2,1-6H3;3H2,1-2H3;1-2H3. The number of likely N-dealkylation sites (N-methyl/N-ethyl adjacent to an activating group) is 2. The zero-order valence-electron chi connectivity index (χ0n) is 14.2. The summed E-state index contributed by atoms with van der Waals surface area (Å²) in [6.07, 6.45) is 2.46. The Morgan fingerprint density at radius 1 is 0.824 bits per heavy atom. The van der Waals surface area contributed by atoms with E-state index in [-0.39, 0.29) is 0 Å². The van der Waals surface area contributed by atoms with Crippen molar-refractivity contribution in [1.29, 1.82) is 0 Å². The summed E-state index contributed by atoms with van der Waals surface area (Å²) in [5.41, 5.74) is 0.343. The Labute approximate surface area is 111 Å². The second-order valence-electron chi connectivity index (χ2n) is 5.10. The third kappa shape index (κ3) is 15.9. The minimum absolute atomic E-state index is 0.343. The maximum absolute atomic E-state index is 2.42. The van der Waals surface area contributed by atoms with Crippen molar-refractivity contribution in [1.82, 2.24) is 9.80 Å². The first-order chi connectivity index (χ1) is 7.81. The van der Waals surface area contributed by atoms with Crippen molar-refractivity contribution < 1.29 is 0 Å². The Morgan fingerprint density at radius 2 is 1.18 bits per heavy atom. The molecule has 0 aliphatic carbocycles. The molecular formula is C15H38N2. The second-order valence-corrected chi connectivity index (χ2v) is 5.10. The topological polar surface area (TPSA) is 6.48 Å². The second kappa shape index (κ2) is 14.0. The van der Waals surface area contributed by atoms with E-state index in [1.165, 1.54) is 12.8 Å². The molecule has 0 bridgehead atoms. The third-order valence-electron chi connectivity index (χ3n) is 2.78. The molecule has 0 aliphatic rings. The van der Waals surface area contributed by atoms with Crippen LogP contribution >= 0.6 is 0 Å². The van der Waals surface area contributed by atoms with Gasteiger partial charge in [0.15, 0.2) is 0 Å². The number of rotatable bonds is 5. The van der Waals surface area contributed by atoms with Gasteiger partial charge in [-0.05, 0) is 41.4 Å². The average molecular weight is 246 g/mol. The van der Waals surface area contributed by atoms with Gasteiger partial charge in [0.05, 0.1) is 0 Å². The monoisotopic (exact) mass is 246 g/mol. The van der Waals surface area contributed by atoms with Gasteiger partial charge in [0.25, 0.3) is 0 Å². The Morgan fingerprint density at radius 3 is 1.41 bits per heavy atom. The smallest absolute Gasteiger partial charge is 0.0148 e. The van der Waals surface area contributed by atoms with E-state index in [0.717, 1.165) is 13.1 Å². The molecule has 0 fully saturated rings. The van der Waals surface area contributed by atoms with Crippen LogP contribution in [0.2, 0.25) is 0 Å². The lowest BCUT2D eigenvalue weighted by molar-refractivity contribution is 0.139. The Kier molecular flexibility index (Phi) is 18.2. The van der Waals surface area contributed by atoms with E-state index in [0.29, 0.717) is 5.54 Å². The van der Waals surface area contributed by atoms with E-state index in [4.69, 9.17) is 0 Å². The fourth-order valence-corrected chi connectivity index (χ4v) is 0.923. The van der Waals surface area contributed by atoms with Crippen LogP contribution in [0.25, 0.3) is 0 Å². The highest BCUT2D eigenvalue weighted by Gasteiger charge is 2.20. The molecule has 0 atom stereocenters.